The molecule has 3 N–H and O–H groups in total. The molecule has 2 rings (SSSR count). The Kier molecular flexibility index (Phi) is 6.71. The predicted octanol–water partition coefficient (Wildman–Crippen LogP) is 2.79. The average molecular weight is 339 g/mol. The van der Waals surface area contributed by atoms with Gasteiger partial charge in [-0.05, 0) is 30.2 Å². The van der Waals surface area contributed by atoms with Gasteiger partial charge in [-0.2, -0.15) is 5.10 Å². The summed E-state index contributed by atoms with van der Waals surface area (Å²) in [6.45, 7) is 2.05. The van der Waals surface area contributed by atoms with Gasteiger partial charge in [0.2, 0.25) is 0 Å². The molecule has 130 valence electrons. The van der Waals surface area contributed by atoms with Crippen LogP contribution in [0.3, 0.4) is 0 Å². The van der Waals surface area contributed by atoms with E-state index in [9.17, 15) is 9.59 Å². The van der Waals surface area contributed by atoms with E-state index in [1.165, 1.54) is 0 Å². The molecule has 0 bridgehead atoms. The van der Waals surface area contributed by atoms with Gasteiger partial charge in [0.25, 0.3) is 5.91 Å². The molecule has 1 amide bonds. The van der Waals surface area contributed by atoms with Crippen molar-refractivity contribution < 1.29 is 14.7 Å². The summed E-state index contributed by atoms with van der Waals surface area (Å²) in [6, 6.07) is 16.9. The highest BCUT2D eigenvalue weighted by Gasteiger charge is 2.08. The number of hydrazone groups is 1. The lowest BCUT2D eigenvalue weighted by Gasteiger charge is -2.08. The number of hydrogen-bond donors (Lipinski definition) is 3. The second-order valence-electron chi connectivity index (χ2n) is 5.58. The molecule has 2 aromatic rings. The minimum Gasteiger partial charge on any atom is -0.481 e. The molecule has 0 heterocycles. The summed E-state index contributed by atoms with van der Waals surface area (Å²) in [4.78, 5) is 22.8. The van der Waals surface area contributed by atoms with Gasteiger partial charge in [0.1, 0.15) is 0 Å². The standard InChI is InChI=1S/C19H21N3O3/c1-14-6-5-9-16(12-14)20-13-18(23)22-21-17(10-11-19(24)25)15-7-3-2-4-8-15/h2-9,12,20H,10-11,13H2,1H3,(H,22,23)(H,24,25)/b21-17+. The van der Waals surface area contributed by atoms with Crippen molar-refractivity contribution in [3.8, 4) is 0 Å². The van der Waals surface area contributed by atoms with Crippen LogP contribution in [0.25, 0.3) is 0 Å². The highest BCUT2D eigenvalue weighted by molar-refractivity contribution is 6.02. The third-order valence-corrected chi connectivity index (χ3v) is 3.47. The molecule has 0 saturated carbocycles. The van der Waals surface area contributed by atoms with Crippen molar-refractivity contribution in [2.75, 3.05) is 11.9 Å². The Bertz CT molecular complexity index is 758. The first-order chi connectivity index (χ1) is 12.0. The van der Waals surface area contributed by atoms with Crippen LogP contribution in [-0.4, -0.2) is 29.2 Å². The Morgan fingerprint density at radius 2 is 1.80 bits per heavy atom. The lowest BCUT2D eigenvalue weighted by Crippen LogP contribution is -2.27. The summed E-state index contributed by atoms with van der Waals surface area (Å²) in [5.74, 6) is -1.21. The predicted molar refractivity (Wildman–Crippen MR) is 97.7 cm³/mol. The second kappa shape index (κ2) is 9.22. The topological polar surface area (TPSA) is 90.8 Å². The quantitative estimate of drug-likeness (QED) is 0.509. The molecular weight excluding hydrogens is 318 g/mol. The number of benzene rings is 2. The number of aryl methyl sites for hydroxylation is 1. The average Bonchev–Trinajstić information content (AvgIpc) is 2.60. The van der Waals surface area contributed by atoms with Crippen LogP contribution in [0.5, 0.6) is 0 Å². The van der Waals surface area contributed by atoms with E-state index in [0.717, 1.165) is 16.8 Å². The van der Waals surface area contributed by atoms with Crippen molar-refractivity contribution >= 4 is 23.3 Å². The summed E-state index contributed by atoms with van der Waals surface area (Å²) < 4.78 is 0. The normalized spacial score (nSPS) is 11.0. The summed E-state index contributed by atoms with van der Waals surface area (Å²) >= 11 is 0. The van der Waals surface area contributed by atoms with Gasteiger partial charge in [-0.25, -0.2) is 5.43 Å². The van der Waals surface area contributed by atoms with E-state index in [4.69, 9.17) is 5.11 Å². The molecule has 2 aromatic carbocycles. The lowest BCUT2D eigenvalue weighted by atomic mass is 10.1. The molecule has 6 nitrogen and oxygen atoms in total. The number of amides is 1. The van der Waals surface area contributed by atoms with Crippen LogP contribution in [0.2, 0.25) is 0 Å². The molecule has 0 atom stereocenters. The molecule has 0 aromatic heterocycles. The van der Waals surface area contributed by atoms with Gasteiger partial charge in [-0.15, -0.1) is 0 Å². The molecule has 0 aliphatic heterocycles. The van der Waals surface area contributed by atoms with E-state index in [1.54, 1.807) is 0 Å². The Hall–Kier alpha value is -3.15. The van der Waals surface area contributed by atoms with Gasteiger partial charge in [-0.3, -0.25) is 9.59 Å². The maximum absolute atomic E-state index is 12.0. The van der Waals surface area contributed by atoms with Gasteiger partial charge in [0.15, 0.2) is 0 Å². The molecule has 6 heteroatoms. The third kappa shape index (κ3) is 6.47. The van der Waals surface area contributed by atoms with Gasteiger partial charge >= 0.3 is 5.97 Å². The van der Waals surface area contributed by atoms with Gasteiger partial charge in [-0.1, -0.05) is 42.5 Å². The smallest absolute Gasteiger partial charge is 0.303 e. The van der Waals surface area contributed by atoms with Gasteiger partial charge in [0.05, 0.1) is 18.7 Å². The SMILES string of the molecule is Cc1cccc(NCC(=O)N/N=C(\CCC(=O)O)c2ccccc2)c1. The van der Waals surface area contributed by atoms with Crippen LogP contribution < -0.4 is 10.7 Å². The number of carboxylic acid groups (broad SMARTS) is 1. The molecule has 0 radical (unpaired) electrons. The summed E-state index contributed by atoms with van der Waals surface area (Å²) in [7, 11) is 0. The molecule has 0 fully saturated rings. The number of hydrogen-bond acceptors (Lipinski definition) is 4. The molecule has 0 spiro atoms. The van der Waals surface area contributed by atoms with Crippen molar-refractivity contribution in [2.45, 2.75) is 19.8 Å². The third-order valence-electron chi connectivity index (χ3n) is 3.47. The van der Waals surface area contributed by atoms with Gasteiger partial charge in [0, 0.05) is 12.1 Å². The summed E-state index contributed by atoms with van der Waals surface area (Å²) in [5.41, 5.74) is 5.76. The van der Waals surface area contributed by atoms with Crippen LogP contribution in [0.15, 0.2) is 59.7 Å². The summed E-state index contributed by atoms with van der Waals surface area (Å²) in [5, 5.41) is 16.0. The molecule has 0 saturated heterocycles. The van der Waals surface area contributed by atoms with E-state index in [1.807, 2.05) is 61.5 Å². The number of nitrogens with zero attached hydrogens (tertiary/aromatic N) is 1. The first-order valence-corrected chi connectivity index (χ1v) is 7.98. The Morgan fingerprint density at radius 3 is 2.48 bits per heavy atom. The molecule has 0 aliphatic rings. The van der Waals surface area contributed by atoms with Crippen LogP contribution in [0.4, 0.5) is 5.69 Å². The van der Waals surface area contributed by atoms with E-state index in [-0.39, 0.29) is 25.3 Å². The zero-order valence-electron chi connectivity index (χ0n) is 14.0. The number of carboxylic acids is 1. The number of nitrogens with one attached hydrogen (secondary N) is 2. The minimum absolute atomic E-state index is 0.0505. The number of carbonyl (C=O) groups excluding carboxylic acids is 1. The monoisotopic (exact) mass is 339 g/mol. The molecular formula is C19H21N3O3. The van der Waals surface area contributed by atoms with Crippen molar-refractivity contribution in [1.82, 2.24) is 5.43 Å². The lowest BCUT2D eigenvalue weighted by molar-refractivity contribution is -0.136. The second-order valence-corrected chi connectivity index (χ2v) is 5.58. The molecule has 25 heavy (non-hydrogen) atoms. The molecule has 0 unspecified atom stereocenters. The molecule has 0 aliphatic carbocycles. The van der Waals surface area contributed by atoms with Crippen molar-refractivity contribution in [2.24, 2.45) is 5.10 Å². The van der Waals surface area contributed by atoms with Crippen LogP contribution in [0.1, 0.15) is 24.0 Å². The number of aliphatic carboxylic acids is 1. The van der Waals surface area contributed by atoms with Crippen molar-refractivity contribution in [3.05, 3.63) is 65.7 Å². The van der Waals surface area contributed by atoms with Crippen LogP contribution >= 0.6 is 0 Å². The fourth-order valence-corrected chi connectivity index (χ4v) is 2.23. The fraction of sp³-hybridized carbons (Fsp3) is 0.211. The maximum Gasteiger partial charge on any atom is 0.303 e. The van der Waals surface area contributed by atoms with Crippen LogP contribution in [0, 0.1) is 6.92 Å². The number of carbonyl (C=O) groups is 2. The van der Waals surface area contributed by atoms with Crippen molar-refractivity contribution in [1.29, 1.82) is 0 Å². The van der Waals surface area contributed by atoms with E-state index < -0.39 is 5.97 Å². The highest BCUT2D eigenvalue weighted by Crippen LogP contribution is 2.09. The van der Waals surface area contributed by atoms with E-state index in [2.05, 4.69) is 15.8 Å². The number of anilines is 1. The Morgan fingerprint density at radius 1 is 1.04 bits per heavy atom. The Balaban J connectivity index is 1.96. The highest BCUT2D eigenvalue weighted by atomic mass is 16.4. The van der Waals surface area contributed by atoms with E-state index >= 15 is 0 Å². The van der Waals surface area contributed by atoms with Crippen LogP contribution in [-0.2, 0) is 9.59 Å². The fourth-order valence-electron chi connectivity index (χ4n) is 2.23. The maximum atomic E-state index is 12.0. The number of rotatable bonds is 8. The van der Waals surface area contributed by atoms with Crippen molar-refractivity contribution in [3.63, 3.8) is 0 Å². The Labute approximate surface area is 146 Å². The first kappa shape index (κ1) is 18.2. The zero-order valence-corrected chi connectivity index (χ0v) is 14.0. The minimum atomic E-state index is -0.906. The zero-order chi connectivity index (χ0) is 18.1. The first-order valence-electron chi connectivity index (χ1n) is 7.98. The van der Waals surface area contributed by atoms with Gasteiger partial charge < -0.3 is 10.4 Å². The largest absolute Gasteiger partial charge is 0.481 e. The summed E-state index contributed by atoms with van der Waals surface area (Å²) in [6.07, 6.45) is 0.191. The van der Waals surface area contributed by atoms with E-state index in [0.29, 0.717) is 5.71 Å².